The van der Waals surface area contributed by atoms with Crippen LogP contribution in [-0.4, -0.2) is 49.9 Å². The molecular formula is C15H22N2O5S. The molecule has 8 heteroatoms. The minimum atomic E-state index is -0.704. The van der Waals surface area contributed by atoms with E-state index in [0.29, 0.717) is 49.4 Å². The number of thiazole rings is 1. The van der Waals surface area contributed by atoms with Crippen LogP contribution in [0.2, 0.25) is 0 Å². The van der Waals surface area contributed by atoms with E-state index in [-0.39, 0.29) is 11.9 Å². The van der Waals surface area contributed by atoms with Crippen LogP contribution < -0.4 is 5.32 Å². The standard InChI is InChI=1S/C15H22N2O5S/c1-3-21-12(18)11-8-16-14(23-11)17-9-15(13(19)22-4-2)6-5-7-20-10-15/h8H,3-7,9-10H2,1-2H3,(H,16,17). The molecule has 1 N–H and O–H groups in total. The van der Waals surface area contributed by atoms with E-state index in [1.807, 2.05) is 0 Å². The number of nitrogens with zero attached hydrogens (tertiary/aromatic N) is 1. The van der Waals surface area contributed by atoms with E-state index in [2.05, 4.69) is 10.3 Å². The van der Waals surface area contributed by atoms with E-state index >= 15 is 0 Å². The molecule has 1 atom stereocenters. The van der Waals surface area contributed by atoms with Crippen LogP contribution in [0.3, 0.4) is 0 Å². The van der Waals surface area contributed by atoms with Gasteiger partial charge in [-0.05, 0) is 26.7 Å². The largest absolute Gasteiger partial charge is 0.465 e. The zero-order chi connectivity index (χ0) is 16.7. The van der Waals surface area contributed by atoms with E-state index in [4.69, 9.17) is 14.2 Å². The summed E-state index contributed by atoms with van der Waals surface area (Å²) in [6.07, 6.45) is 2.99. The van der Waals surface area contributed by atoms with Gasteiger partial charge in [0.25, 0.3) is 0 Å². The average Bonchev–Trinajstić information content (AvgIpc) is 3.03. The second-order valence-corrected chi connectivity index (χ2v) is 6.29. The molecule has 1 saturated heterocycles. The van der Waals surface area contributed by atoms with Gasteiger partial charge in [0.1, 0.15) is 10.3 Å². The van der Waals surface area contributed by atoms with Gasteiger partial charge >= 0.3 is 11.9 Å². The summed E-state index contributed by atoms with van der Waals surface area (Å²) in [4.78, 5) is 28.5. The van der Waals surface area contributed by atoms with E-state index in [1.54, 1.807) is 13.8 Å². The smallest absolute Gasteiger partial charge is 0.350 e. The Kier molecular flexibility index (Phi) is 6.35. The van der Waals surface area contributed by atoms with Crippen molar-refractivity contribution in [3.05, 3.63) is 11.1 Å². The molecule has 0 aromatic carbocycles. The highest BCUT2D eigenvalue weighted by Crippen LogP contribution is 2.31. The molecule has 23 heavy (non-hydrogen) atoms. The summed E-state index contributed by atoms with van der Waals surface area (Å²) in [7, 11) is 0. The van der Waals surface area contributed by atoms with Gasteiger partial charge in [-0.3, -0.25) is 4.79 Å². The first kappa shape index (κ1) is 17.7. The van der Waals surface area contributed by atoms with Crippen molar-refractivity contribution < 1.29 is 23.8 Å². The SMILES string of the molecule is CCOC(=O)c1cnc(NCC2(C(=O)OCC)CCCOC2)s1. The Bertz CT molecular complexity index is 540. The number of esters is 2. The first-order valence-corrected chi connectivity index (χ1v) is 8.54. The van der Waals surface area contributed by atoms with E-state index in [9.17, 15) is 9.59 Å². The predicted octanol–water partition coefficient (Wildman–Crippen LogP) is 2.09. The third-order valence-electron chi connectivity index (χ3n) is 3.59. The maximum Gasteiger partial charge on any atom is 0.350 e. The summed E-state index contributed by atoms with van der Waals surface area (Å²) in [5, 5.41) is 3.70. The third-order valence-corrected chi connectivity index (χ3v) is 4.53. The molecule has 1 unspecified atom stereocenters. The number of rotatable bonds is 7. The Morgan fingerprint density at radius 3 is 2.83 bits per heavy atom. The van der Waals surface area contributed by atoms with E-state index in [1.165, 1.54) is 17.5 Å². The summed E-state index contributed by atoms with van der Waals surface area (Å²) in [6, 6.07) is 0. The van der Waals surface area contributed by atoms with Crippen LogP contribution in [0, 0.1) is 5.41 Å². The van der Waals surface area contributed by atoms with Gasteiger partial charge in [0.05, 0.1) is 26.0 Å². The molecule has 0 radical (unpaired) electrons. The average molecular weight is 342 g/mol. The molecule has 0 amide bonds. The normalized spacial score (nSPS) is 20.8. The van der Waals surface area contributed by atoms with Crippen LogP contribution >= 0.6 is 11.3 Å². The van der Waals surface area contributed by atoms with E-state index < -0.39 is 5.41 Å². The van der Waals surface area contributed by atoms with Gasteiger partial charge in [0.15, 0.2) is 5.13 Å². The number of aromatic nitrogens is 1. The number of hydrogen-bond donors (Lipinski definition) is 1. The first-order chi connectivity index (χ1) is 11.1. The fourth-order valence-corrected chi connectivity index (χ4v) is 3.11. The fraction of sp³-hybridized carbons (Fsp3) is 0.667. The highest BCUT2D eigenvalue weighted by Gasteiger charge is 2.42. The zero-order valence-corrected chi connectivity index (χ0v) is 14.2. The van der Waals surface area contributed by atoms with Crippen LogP contribution in [-0.2, 0) is 19.0 Å². The summed E-state index contributed by atoms with van der Waals surface area (Å²) < 4.78 is 15.6. The molecule has 2 heterocycles. The number of nitrogens with one attached hydrogen (secondary N) is 1. The van der Waals surface area contributed by atoms with Gasteiger partial charge in [-0.1, -0.05) is 11.3 Å². The highest BCUT2D eigenvalue weighted by molar-refractivity contribution is 7.17. The van der Waals surface area contributed by atoms with Crippen molar-refractivity contribution in [3.63, 3.8) is 0 Å². The predicted molar refractivity (Wildman–Crippen MR) is 85.7 cm³/mol. The van der Waals surface area contributed by atoms with Gasteiger partial charge < -0.3 is 19.5 Å². The summed E-state index contributed by atoms with van der Waals surface area (Å²) in [6.45, 7) is 5.55. The number of carbonyl (C=O) groups is 2. The van der Waals surface area contributed by atoms with Crippen LogP contribution in [0.15, 0.2) is 6.20 Å². The Morgan fingerprint density at radius 1 is 1.39 bits per heavy atom. The van der Waals surface area contributed by atoms with Crippen LogP contribution in [0.1, 0.15) is 36.4 Å². The molecule has 7 nitrogen and oxygen atoms in total. The summed E-state index contributed by atoms with van der Waals surface area (Å²) in [5.41, 5.74) is -0.704. The molecule has 1 aromatic heterocycles. The molecule has 1 fully saturated rings. The van der Waals surface area contributed by atoms with Gasteiger partial charge in [-0.15, -0.1) is 0 Å². The van der Waals surface area contributed by atoms with Gasteiger partial charge in [-0.25, -0.2) is 9.78 Å². The van der Waals surface area contributed by atoms with Crippen molar-refractivity contribution in [3.8, 4) is 0 Å². The van der Waals surface area contributed by atoms with Crippen molar-refractivity contribution in [2.75, 3.05) is 38.3 Å². The molecule has 0 aliphatic carbocycles. The first-order valence-electron chi connectivity index (χ1n) is 7.73. The maximum absolute atomic E-state index is 12.3. The van der Waals surface area contributed by atoms with Crippen LogP contribution in [0.4, 0.5) is 5.13 Å². The molecule has 2 rings (SSSR count). The molecule has 0 spiro atoms. The van der Waals surface area contributed by atoms with Crippen molar-refractivity contribution in [1.82, 2.24) is 4.98 Å². The van der Waals surface area contributed by atoms with Crippen molar-refractivity contribution in [2.24, 2.45) is 5.41 Å². The maximum atomic E-state index is 12.3. The van der Waals surface area contributed by atoms with Crippen LogP contribution in [0.25, 0.3) is 0 Å². The zero-order valence-electron chi connectivity index (χ0n) is 13.4. The molecular weight excluding hydrogens is 320 g/mol. The highest BCUT2D eigenvalue weighted by atomic mass is 32.1. The second-order valence-electron chi connectivity index (χ2n) is 5.26. The summed E-state index contributed by atoms with van der Waals surface area (Å²) >= 11 is 1.20. The molecule has 1 aliphatic heterocycles. The third kappa shape index (κ3) is 4.42. The second kappa shape index (κ2) is 8.26. The Morgan fingerprint density at radius 2 is 2.17 bits per heavy atom. The minimum Gasteiger partial charge on any atom is -0.465 e. The molecule has 0 bridgehead atoms. The van der Waals surface area contributed by atoms with Gasteiger partial charge in [0, 0.05) is 13.2 Å². The lowest BCUT2D eigenvalue weighted by atomic mass is 9.82. The quantitative estimate of drug-likeness (QED) is 0.759. The molecule has 0 saturated carbocycles. The molecule has 128 valence electrons. The summed E-state index contributed by atoms with van der Waals surface area (Å²) in [5.74, 6) is -0.645. The number of anilines is 1. The Balaban J connectivity index is 2.01. The minimum absolute atomic E-state index is 0.255. The number of ether oxygens (including phenoxy) is 3. The monoisotopic (exact) mass is 342 g/mol. The van der Waals surface area contributed by atoms with Crippen molar-refractivity contribution in [1.29, 1.82) is 0 Å². The lowest BCUT2D eigenvalue weighted by Gasteiger charge is -2.34. The van der Waals surface area contributed by atoms with Gasteiger partial charge in [-0.2, -0.15) is 0 Å². The topological polar surface area (TPSA) is 86.8 Å². The van der Waals surface area contributed by atoms with Gasteiger partial charge in [0.2, 0.25) is 0 Å². The molecule has 1 aromatic rings. The van der Waals surface area contributed by atoms with Crippen molar-refractivity contribution >= 4 is 28.4 Å². The Hall–Kier alpha value is -1.67. The number of carbonyl (C=O) groups excluding carboxylic acids is 2. The fourth-order valence-electron chi connectivity index (χ4n) is 2.41. The number of hydrogen-bond acceptors (Lipinski definition) is 8. The van der Waals surface area contributed by atoms with E-state index in [0.717, 1.165) is 6.42 Å². The Labute approximate surface area is 139 Å². The van der Waals surface area contributed by atoms with Crippen molar-refractivity contribution in [2.45, 2.75) is 26.7 Å². The lowest BCUT2D eigenvalue weighted by molar-refractivity contribution is -0.162. The lowest BCUT2D eigenvalue weighted by Crippen LogP contribution is -2.45. The molecule has 1 aliphatic rings. The van der Waals surface area contributed by atoms with Crippen LogP contribution in [0.5, 0.6) is 0 Å².